The van der Waals surface area contributed by atoms with Crippen molar-refractivity contribution in [2.75, 3.05) is 6.61 Å². The number of aliphatic hydroxyl groups excluding tert-OH is 1. The van der Waals surface area contributed by atoms with Gasteiger partial charge in [0, 0.05) is 6.04 Å². The number of nitrogens with one attached hydrogen (secondary N) is 1. The van der Waals surface area contributed by atoms with Crippen molar-refractivity contribution in [2.45, 2.75) is 38.3 Å². The molecular weight excluding hydrogens is 205 g/mol. The summed E-state index contributed by atoms with van der Waals surface area (Å²) >= 11 is 0. The van der Waals surface area contributed by atoms with E-state index in [2.05, 4.69) is 5.32 Å². The van der Waals surface area contributed by atoms with Crippen LogP contribution in [0, 0.1) is 12.7 Å². The molecule has 0 aromatic heterocycles. The van der Waals surface area contributed by atoms with E-state index in [0.717, 1.165) is 18.4 Å². The molecule has 1 saturated carbocycles. The first-order valence-electron chi connectivity index (χ1n) is 5.70. The lowest BCUT2D eigenvalue weighted by Gasteiger charge is -2.29. The van der Waals surface area contributed by atoms with Gasteiger partial charge in [0.05, 0.1) is 12.1 Å². The summed E-state index contributed by atoms with van der Waals surface area (Å²) in [6, 6.07) is 5.62. The molecule has 1 aromatic carbocycles. The van der Waals surface area contributed by atoms with Crippen LogP contribution in [-0.4, -0.2) is 17.8 Å². The first-order valence-corrected chi connectivity index (χ1v) is 5.70. The highest BCUT2D eigenvalue weighted by atomic mass is 19.1. The van der Waals surface area contributed by atoms with Crippen molar-refractivity contribution in [3.63, 3.8) is 0 Å². The number of hydrogen-bond donors (Lipinski definition) is 2. The molecule has 1 aliphatic rings. The van der Waals surface area contributed by atoms with Gasteiger partial charge in [0.1, 0.15) is 5.82 Å². The van der Waals surface area contributed by atoms with Crippen molar-refractivity contribution in [1.29, 1.82) is 0 Å². The largest absolute Gasteiger partial charge is 0.394 e. The van der Waals surface area contributed by atoms with E-state index >= 15 is 0 Å². The van der Waals surface area contributed by atoms with Crippen LogP contribution in [0.2, 0.25) is 0 Å². The molecule has 0 radical (unpaired) electrons. The number of benzene rings is 1. The van der Waals surface area contributed by atoms with Crippen LogP contribution >= 0.6 is 0 Å². The summed E-state index contributed by atoms with van der Waals surface area (Å²) in [5.41, 5.74) is 0.913. The molecule has 0 spiro atoms. The molecule has 0 aliphatic heterocycles. The molecule has 0 bridgehead atoms. The average Bonchev–Trinajstić information content (AvgIpc) is 3.05. The highest BCUT2D eigenvalue weighted by Gasteiger charge is 2.33. The van der Waals surface area contributed by atoms with E-state index in [1.807, 2.05) is 13.0 Å². The van der Waals surface area contributed by atoms with Crippen molar-refractivity contribution < 1.29 is 9.50 Å². The van der Waals surface area contributed by atoms with Gasteiger partial charge >= 0.3 is 0 Å². The van der Waals surface area contributed by atoms with Crippen LogP contribution in [0.15, 0.2) is 18.2 Å². The van der Waals surface area contributed by atoms with E-state index in [-0.39, 0.29) is 12.4 Å². The fourth-order valence-electron chi connectivity index (χ4n) is 1.83. The molecule has 1 unspecified atom stereocenters. The predicted molar refractivity (Wildman–Crippen MR) is 61.7 cm³/mol. The highest BCUT2D eigenvalue weighted by Crippen LogP contribution is 2.28. The lowest BCUT2D eigenvalue weighted by molar-refractivity contribution is 0.173. The van der Waals surface area contributed by atoms with Gasteiger partial charge in [-0.25, -0.2) is 4.39 Å². The summed E-state index contributed by atoms with van der Waals surface area (Å²) in [7, 11) is 0. The smallest absolute Gasteiger partial charge is 0.126 e. The minimum Gasteiger partial charge on any atom is -0.394 e. The topological polar surface area (TPSA) is 32.3 Å². The number of halogens is 1. The van der Waals surface area contributed by atoms with Gasteiger partial charge in [0.25, 0.3) is 0 Å². The van der Waals surface area contributed by atoms with E-state index in [4.69, 9.17) is 0 Å². The Morgan fingerprint density at radius 3 is 2.69 bits per heavy atom. The molecule has 16 heavy (non-hydrogen) atoms. The predicted octanol–water partition coefficient (Wildman–Crippen LogP) is 2.09. The molecule has 1 aromatic rings. The third-order valence-electron chi connectivity index (χ3n) is 3.23. The van der Waals surface area contributed by atoms with E-state index < -0.39 is 5.54 Å². The number of hydrogen-bond acceptors (Lipinski definition) is 2. The first-order chi connectivity index (χ1) is 7.55. The molecule has 2 rings (SSSR count). The Balaban J connectivity index is 2.27. The monoisotopic (exact) mass is 223 g/mol. The van der Waals surface area contributed by atoms with Gasteiger partial charge in [-0.05, 0) is 43.9 Å². The molecule has 2 N–H and O–H groups in total. The quantitative estimate of drug-likeness (QED) is 0.819. The fraction of sp³-hybridized carbons (Fsp3) is 0.538. The van der Waals surface area contributed by atoms with Gasteiger partial charge in [-0.2, -0.15) is 0 Å². The zero-order chi connectivity index (χ0) is 11.8. The SMILES string of the molecule is Cc1ccc(C(C)(CO)NC2CC2)cc1F. The minimum atomic E-state index is -0.532. The van der Waals surface area contributed by atoms with Crippen LogP contribution in [0.4, 0.5) is 4.39 Å². The van der Waals surface area contributed by atoms with Crippen molar-refractivity contribution in [1.82, 2.24) is 5.32 Å². The third kappa shape index (κ3) is 2.25. The van der Waals surface area contributed by atoms with Crippen LogP contribution in [0.25, 0.3) is 0 Å². The standard InChI is InChI=1S/C13H18FNO/c1-9-3-4-10(7-12(9)14)13(2,8-16)15-11-5-6-11/h3-4,7,11,15-16H,5-6,8H2,1-2H3. The molecule has 1 fully saturated rings. The highest BCUT2D eigenvalue weighted by molar-refractivity contribution is 5.29. The Kier molecular flexibility index (Phi) is 3.00. The molecule has 0 heterocycles. The van der Waals surface area contributed by atoms with Crippen LogP contribution in [0.5, 0.6) is 0 Å². The normalized spacial score (nSPS) is 19.5. The number of aryl methyl sites for hydroxylation is 1. The summed E-state index contributed by atoms with van der Waals surface area (Å²) in [4.78, 5) is 0. The van der Waals surface area contributed by atoms with Crippen LogP contribution < -0.4 is 5.32 Å². The van der Waals surface area contributed by atoms with Gasteiger partial charge in [0.2, 0.25) is 0 Å². The lowest BCUT2D eigenvalue weighted by atomic mass is 9.92. The minimum absolute atomic E-state index is 0.0218. The van der Waals surface area contributed by atoms with Gasteiger partial charge in [-0.1, -0.05) is 12.1 Å². The van der Waals surface area contributed by atoms with Crippen LogP contribution in [-0.2, 0) is 5.54 Å². The van der Waals surface area contributed by atoms with E-state index in [1.54, 1.807) is 13.0 Å². The Morgan fingerprint density at radius 2 is 2.19 bits per heavy atom. The molecule has 1 aliphatic carbocycles. The maximum absolute atomic E-state index is 13.5. The van der Waals surface area contributed by atoms with E-state index in [9.17, 15) is 9.50 Å². The van der Waals surface area contributed by atoms with Gasteiger partial charge in [-0.15, -0.1) is 0 Å². The van der Waals surface area contributed by atoms with Crippen molar-refractivity contribution >= 4 is 0 Å². The van der Waals surface area contributed by atoms with Gasteiger partial charge in [-0.3, -0.25) is 0 Å². The fourth-order valence-corrected chi connectivity index (χ4v) is 1.83. The molecule has 0 amide bonds. The van der Waals surface area contributed by atoms with Crippen molar-refractivity contribution in [3.8, 4) is 0 Å². The average molecular weight is 223 g/mol. The Morgan fingerprint density at radius 1 is 1.50 bits per heavy atom. The Labute approximate surface area is 95.5 Å². The van der Waals surface area contributed by atoms with E-state index in [0.29, 0.717) is 11.6 Å². The zero-order valence-electron chi connectivity index (χ0n) is 9.76. The van der Waals surface area contributed by atoms with Crippen molar-refractivity contribution in [2.24, 2.45) is 0 Å². The Hall–Kier alpha value is -0.930. The summed E-state index contributed by atoms with van der Waals surface area (Å²) in [6.45, 7) is 3.63. The van der Waals surface area contributed by atoms with Crippen LogP contribution in [0.1, 0.15) is 30.9 Å². The maximum atomic E-state index is 13.5. The van der Waals surface area contributed by atoms with Gasteiger partial charge < -0.3 is 10.4 Å². The number of rotatable bonds is 4. The van der Waals surface area contributed by atoms with E-state index in [1.165, 1.54) is 6.07 Å². The molecule has 88 valence electrons. The molecule has 2 nitrogen and oxygen atoms in total. The molecule has 3 heteroatoms. The van der Waals surface area contributed by atoms with Crippen LogP contribution in [0.3, 0.4) is 0 Å². The second kappa shape index (κ2) is 4.15. The summed E-state index contributed by atoms with van der Waals surface area (Å²) < 4.78 is 13.5. The number of aliphatic hydroxyl groups is 1. The second-order valence-corrected chi connectivity index (χ2v) is 4.87. The molecule has 0 saturated heterocycles. The molecular formula is C13H18FNO. The van der Waals surface area contributed by atoms with Gasteiger partial charge in [0.15, 0.2) is 0 Å². The summed E-state index contributed by atoms with van der Waals surface area (Å²) in [5, 5.41) is 12.9. The second-order valence-electron chi connectivity index (χ2n) is 4.87. The summed E-state index contributed by atoms with van der Waals surface area (Å²) in [5.74, 6) is -0.213. The Bertz CT molecular complexity index is 390. The third-order valence-corrected chi connectivity index (χ3v) is 3.23. The zero-order valence-corrected chi connectivity index (χ0v) is 9.76. The summed E-state index contributed by atoms with van der Waals surface area (Å²) in [6.07, 6.45) is 2.29. The molecule has 1 atom stereocenters. The lowest BCUT2D eigenvalue weighted by Crippen LogP contribution is -2.44. The maximum Gasteiger partial charge on any atom is 0.126 e. The van der Waals surface area contributed by atoms with Crippen molar-refractivity contribution in [3.05, 3.63) is 35.1 Å². The first kappa shape index (κ1) is 11.6.